The summed E-state index contributed by atoms with van der Waals surface area (Å²) in [5, 5.41) is 31.5. The molecule has 0 fully saturated rings. The van der Waals surface area contributed by atoms with Crippen LogP contribution in [0.2, 0.25) is 0 Å². The zero-order chi connectivity index (χ0) is 23.6. The standard InChI is InChI=1S/C25H25FN4O3/c26-21-6-3-4-18(12-21)10-11-28-25-24(30(17-33)14-19(15-31)16-32)9-8-23(29-25)22-7-2-1-5-20(22)13-27/h1-9,12,17,19,31-32H,10-11,14-16H2,(H,28,29). The molecule has 0 aliphatic heterocycles. The second-order valence-electron chi connectivity index (χ2n) is 7.52. The van der Waals surface area contributed by atoms with Crippen LogP contribution in [0.5, 0.6) is 0 Å². The largest absolute Gasteiger partial charge is 0.396 e. The lowest BCUT2D eigenvalue weighted by atomic mass is 10.0. The van der Waals surface area contributed by atoms with E-state index in [1.54, 1.807) is 36.4 Å². The summed E-state index contributed by atoms with van der Waals surface area (Å²) in [7, 11) is 0. The lowest BCUT2D eigenvalue weighted by molar-refractivity contribution is -0.107. The van der Waals surface area contributed by atoms with Gasteiger partial charge in [0.05, 0.1) is 23.0 Å². The van der Waals surface area contributed by atoms with Gasteiger partial charge in [-0.2, -0.15) is 5.26 Å². The Balaban J connectivity index is 1.93. The van der Waals surface area contributed by atoms with Crippen LogP contribution in [0.25, 0.3) is 11.3 Å². The second kappa shape index (κ2) is 11.7. The van der Waals surface area contributed by atoms with Gasteiger partial charge in [0.25, 0.3) is 0 Å². The quantitative estimate of drug-likeness (QED) is 0.389. The molecule has 3 aromatic rings. The fourth-order valence-electron chi connectivity index (χ4n) is 3.43. The number of aromatic nitrogens is 1. The van der Waals surface area contributed by atoms with Gasteiger partial charge in [-0.15, -0.1) is 0 Å². The van der Waals surface area contributed by atoms with Gasteiger partial charge >= 0.3 is 0 Å². The van der Waals surface area contributed by atoms with Crippen molar-refractivity contribution in [1.82, 2.24) is 4.98 Å². The van der Waals surface area contributed by atoms with E-state index in [4.69, 9.17) is 0 Å². The Morgan fingerprint density at radius 2 is 1.91 bits per heavy atom. The van der Waals surface area contributed by atoms with Crippen LogP contribution < -0.4 is 10.2 Å². The molecule has 3 rings (SSSR count). The molecule has 0 radical (unpaired) electrons. The molecule has 0 saturated carbocycles. The minimum Gasteiger partial charge on any atom is -0.396 e. The second-order valence-corrected chi connectivity index (χ2v) is 7.52. The predicted octanol–water partition coefficient (Wildman–Crippen LogP) is 2.98. The van der Waals surface area contributed by atoms with E-state index in [1.807, 2.05) is 12.1 Å². The zero-order valence-electron chi connectivity index (χ0n) is 18.0. The minimum absolute atomic E-state index is 0.102. The number of aliphatic hydroxyl groups is 2. The maximum atomic E-state index is 13.5. The molecule has 7 nitrogen and oxygen atoms in total. The number of nitrogens with one attached hydrogen (secondary N) is 1. The molecule has 0 spiro atoms. The Morgan fingerprint density at radius 1 is 1.12 bits per heavy atom. The van der Waals surface area contributed by atoms with Crippen LogP contribution in [-0.2, 0) is 11.2 Å². The highest BCUT2D eigenvalue weighted by atomic mass is 19.1. The number of aliphatic hydroxyl groups excluding tert-OH is 2. The number of amides is 1. The Bertz CT molecular complexity index is 1130. The van der Waals surface area contributed by atoms with Gasteiger partial charge in [0.15, 0.2) is 5.82 Å². The highest BCUT2D eigenvalue weighted by molar-refractivity contribution is 5.83. The molecular weight excluding hydrogens is 423 g/mol. The van der Waals surface area contributed by atoms with Crippen molar-refractivity contribution < 1.29 is 19.4 Å². The first-order valence-corrected chi connectivity index (χ1v) is 10.5. The summed E-state index contributed by atoms with van der Waals surface area (Å²) in [6.07, 6.45) is 1.14. The Labute approximate surface area is 191 Å². The number of pyridine rings is 1. The monoisotopic (exact) mass is 448 g/mol. The van der Waals surface area contributed by atoms with E-state index in [1.165, 1.54) is 17.0 Å². The van der Waals surface area contributed by atoms with Gasteiger partial charge in [-0.3, -0.25) is 4.79 Å². The van der Waals surface area contributed by atoms with E-state index < -0.39 is 5.92 Å². The molecule has 0 unspecified atom stereocenters. The molecule has 1 heterocycles. The van der Waals surface area contributed by atoms with Crippen molar-refractivity contribution in [2.45, 2.75) is 6.42 Å². The van der Waals surface area contributed by atoms with Gasteiger partial charge in [0.1, 0.15) is 5.82 Å². The summed E-state index contributed by atoms with van der Waals surface area (Å²) in [6.45, 7) is -0.0255. The van der Waals surface area contributed by atoms with Crippen LogP contribution >= 0.6 is 0 Å². The van der Waals surface area contributed by atoms with Crippen molar-refractivity contribution in [3.8, 4) is 17.3 Å². The minimum atomic E-state index is -0.505. The van der Waals surface area contributed by atoms with Crippen LogP contribution in [0.3, 0.4) is 0 Å². The SMILES string of the molecule is N#Cc1ccccc1-c1ccc(N(C=O)CC(CO)CO)c(NCCc2cccc(F)c2)n1. The summed E-state index contributed by atoms with van der Waals surface area (Å²) in [5.41, 5.74) is 2.95. The van der Waals surface area contributed by atoms with Crippen LogP contribution in [0.4, 0.5) is 15.9 Å². The number of nitriles is 1. The zero-order valence-corrected chi connectivity index (χ0v) is 18.0. The molecule has 1 amide bonds. The molecule has 8 heteroatoms. The molecule has 0 bridgehead atoms. The van der Waals surface area contributed by atoms with Crippen molar-refractivity contribution in [3.63, 3.8) is 0 Å². The van der Waals surface area contributed by atoms with Gasteiger partial charge in [0, 0.05) is 37.8 Å². The van der Waals surface area contributed by atoms with Crippen LogP contribution in [0, 0.1) is 23.1 Å². The number of anilines is 2. The molecule has 170 valence electrons. The van der Waals surface area contributed by atoms with Crippen molar-refractivity contribution in [1.29, 1.82) is 5.26 Å². The summed E-state index contributed by atoms with van der Waals surface area (Å²) >= 11 is 0. The normalized spacial score (nSPS) is 10.6. The highest BCUT2D eigenvalue weighted by Gasteiger charge is 2.18. The predicted molar refractivity (Wildman–Crippen MR) is 124 cm³/mol. The number of carbonyl (C=O) groups is 1. The van der Waals surface area contributed by atoms with E-state index in [9.17, 15) is 24.7 Å². The van der Waals surface area contributed by atoms with Crippen molar-refractivity contribution in [2.75, 3.05) is 36.5 Å². The maximum absolute atomic E-state index is 13.5. The number of rotatable bonds is 11. The van der Waals surface area contributed by atoms with Gasteiger partial charge in [-0.1, -0.05) is 30.3 Å². The number of hydrogen-bond acceptors (Lipinski definition) is 6. The average Bonchev–Trinajstić information content (AvgIpc) is 2.85. The lowest BCUT2D eigenvalue weighted by Crippen LogP contribution is -2.32. The van der Waals surface area contributed by atoms with E-state index >= 15 is 0 Å². The van der Waals surface area contributed by atoms with Gasteiger partial charge < -0.3 is 20.4 Å². The lowest BCUT2D eigenvalue weighted by Gasteiger charge is -2.24. The first kappa shape index (κ1) is 23.9. The van der Waals surface area contributed by atoms with Crippen LogP contribution in [0.15, 0.2) is 60.7 Å². The average molecular weight is 448 g/mol. The third-order valence-electron chi connectivity index (χ3n) is 5.20. The summed E-state index contributed by atoms with van der Waals surface area (Å²) < 4.78 is 13.5. The molecular formula is C25H25FN4O3. The summed E-state index contributed by atoms with van der Waals surface area (Å²) in [5.74, 6) is -0.416. The van der Waals surface area contributed by atoms with Crippen molar-refractivity contribution in [2.24, 2.45) is 5.92 Å². The fraction of sp³-hybridized carbons (Fsp3) is 0.240. The molecule has 2 aromatic carbocycles. The van der Waals surface area contributed by atoms with Gasteiger partial charge in [-0.05, 0) is 42.3 Å². The Hall–Kier alpha value is -3.80. The molecule has 0 aliphatic rings. The van der Waals surface area contributed by atoms with Crippen molar-refractivity contribution >= 4 is 17.9 Å². The van der Waals surface area contributed by atoms with Gasteiger partial charge in [-0.25, -0.2) is 9.37 Å². The van der Waals surface area contributed by atoms with Gasteiger partial charge in [0.2, 0.25) is 6.41 Å². The first-order valence-electron chi connectivity index (χ1n) is 10.5. The van der Waals surface area contributed by atoms with Crippen LogP contribution in [-0.4, -0.2) is 47.9 Å². The topological polar surface area (TPSA) is 109 Å². The molecule has 33 heavy (non-hydrogen) atoms. The van der Waals surface area contributed by atoms with E-state index in [0.717, 1.165) is 5.56 Å². The number of nitrogens with zero attached hydrogens (tertiary/aromatic N) is 3. The highest BCUT2D eigenvalue weighted by Crippen LogP contribution is 2.30. The van der Waals surface area contributed by atoms with E-state index in [-0.39, 0.29) is 25.6 Å². The molecule has 3 N–H and O–H groups in total. The molecule has 1 aromatic heterocycles. The number of benzene rings is 2. The maximum Gasteiger partial charge on any atom is 0.214 e. The summed E-state index contributed by atoms with van der Waals surface area (Å²) in [4.78, 5) is 17.9. The molecule has 0 atom stereocenters. The molecule has 0 saturated heterocycles. The smallest absolute Gasteiger partial charge is 0.214 e. The van der Waals surface area contributed by atoms with Crippen LogP contribution in [0.1, 0.15) is 11.1 Å². The third kappa shape index (κ3) is 6.13. The first-order chi connectivity index (χ1) is 16.1. The number of carbonyl (C=O) groups excluding carboxylic acids is 1. The molecule has 0 aliphatic carbocycles. The summed E-state index contributed by atoms with van der Waals surface area (Å²) in [6, 6.07) is 19.0. The van der Waals surface area contributed by atoms with E-state index in [2.05, 4.69) is 16.4 Å². The van der Waals surface area contributed by atoms with Crippen molar-refractivity contribution in [3.05, 3.63) is 77.6 Å². The third-order valence-corrected chi connectivity index (χ3v) is 5.20. The Kier molecular flexibility index (Phi) is 8.47. The number of halogens is 1. The number of hydrogen-bond donors (Lipinski definition) is 3. The van der Waals surface area contributed by atoms with E-state index in [0.29, 0.717) is 47.7 Å². The fourth-order valence-corrected chi connectivity index (χ4v) is 3.43. The Morgan fingerprint density at radius 3 is 2.61 bits per heavy atom.